The van der Waals surface area contributed by atoms with Gasteiger partial charge >= 0.3 is 0 Å². The lowest BCUT2D eigenvalue weighted by Crippen LogP contribution is -2.40. The van der Waals surface area contributed by atoms with Gasteiger partial charge in [-0.2, -0.15) is 0 Å². The molecule has 16 heavy (non-hydrogen) atoms. The number of hydrogen-bond acceptors (Lipinski definition) is 3. The van der Waals surface area contributed by atoms with Gasteiger partial charge in [0, 0.05) is 24.9 Å². The van der Waals surface area contributed by atoms with Crippen LogP contribution in [0.25, 0.3) is 0 Å². The maximum absolute atomic E-state index is 11.8. The Kier molecular flexibility index (Phi) is 3.98. The number of aliphatic hydroxyl groups is 1. The van der Waals surface area contributed by atoms with Crippen molar-refractivity contribution in [2.24, 2.45) is 11.8 Å². The fourth-order valence-corrected chi connectivity index (χ4v) is 3.14. The van der Waals surface area contributed by atoms with E-state index < -0.39 is 0 Å². The van der Waals surface area contributed by atoms with Gasteiger partial charge in [-0.1, -0.05) is 13.3 Å². The highest BCUT2D eigenvalue weighted by Crippen LogP contribution is 2.28. The zero-order valence-electron chi connectivity index (χ0n) is 10.2. The second-order valence-corrected chi connectivity index (χ2v) is 5.42. The summed E-state index contributed by atoms with van der Waals surface area (Å²) in [5.41, 5.74) is 0. The summed E-state index contributed by atoms with van der Waals surface area (Å²) in [6, 6.07) is 0.287. The zero-order valence-corrected chi connectivity index (χ0v) is 10.2. The van der Waals surface area contributed by atoms with Crippen LogP contribution in [0.5, 0.6) is 0 Å². The molecular weight excluding hydrogens is 202 g/mol. The minimum absolute atomic E-state index is 0.238. The normalized spacial score (nSPS) is 36.9. The van der Waals surface area contributed by atoms with Gasteiger partial charge < -0.3 is 5.11 Å². The molecule has 1 aliphatic carbocycles. The molecule has 2 rings (SSSR count). The summed E-state index contributed by atoms with van der Waals surface area (Å²) >= 11 is 0. The monoisotopic (exact) mass is 225 g/mol. The summed E-state index contributed by atoms with van der Waals surface area (Å²) in [5.74, 6) is 1.26. The minimum Gasteiger partial charge on any atom is -0.395 e. The Morgan fingerprint density at radius 3 is 2.88 bits per heavy atom. The molecule has 3 heteroatoms. The predicted molar refractivity (Wildman–Crippen MR) is 63.2 cm³/mol. The van der Waals surface area contributed by atoms with E-state index in [-0.39, 0.29) is 18.6 Å². The molecule has 0 bridgehead atoms. The average molecular weight is 225 g/mol. The first-order valence-electron chi connectivity index (χ1n) is 6.60. The van der Waals surface area contributed by atoms with Crippen molar-refractivity contribution in [2.75, 3.05) is 19.7 Å². The molecule has 0 aromatic rings. The molecule has 3 unspecified atom stereocenters. The summed E-state index contributed by atoms with van der Waals surface area (Å²) < 4.78 is 0. The Morgan fingerprint density at radius 2 is 2.19 bits per heavy atom. The van der Waals surface area contributed by atoms with Crippen molar-refractivity contribution in [1.29, 1.82) is 0 Å². The van der Waals surface area contributed by atoms with E-state index in [2.05, 4.69) is 11.8 Å². The van der Waals surface area contributed by atoms with Crippen molar-refractivity contribution in [2.45, 2.75) is 45.1 Å². The number of nitrogens with zero attached hydrogens (tertiary/aromatic N) is 1. The number of carbonyl (C=O) groups is 1. The van der Waals surface area contributed by atoms with Crippen molar-refractivity contribution in [3.8, 4) is 0 Å². The minimum atomic E-state index is 0.238. The molecule has 1 aliphatic heterocycles. The Labute approximate surface area is 97.8 Å². The van der Waals surface area contributed by atoms with Gasteiger partial charge in [-0.05, 0) is 31.7 Å². The van der Waals surface area contributed by atoms with Gasteiger partial charge in [0.25, 0.3) is 0 Å². The van der Waals surface area contributed by atoms with E-state index in [4.69, 9.17) is 0 Å². The topological polar surface area (TPSA) is 40.5 Å². The Hall–Kier alpha value is -0.410. The van der Waals surface area contributed by atoms with Gasteiger partial charge in [-0.15, -0.1) is 0 Å². The molecule has 0 aromatic carbocycles. The largest absolute Gasteiger partial charge is 0.395 e. The van der Waals surface area contributed by atoms with E-state index in [0.717, 1.165) is 38.8 Å². The zero-order chi connectivity index (χ0) is 11.5. The first-order chi connectivity index (χ1) is 7.72. The van der Waals surface area contributed by atoms with E-state index in [1.165, 1.54) is 6.42 Å². The lowest BCUT2D eigenvalue weighted by atomic mass is 9.87. The fraction of sp³-hybridized carbons (Fsp3) is 0.923. The molecule has 0 spiro atoms. The molecule has 0 amide bonds. The fourth-order valence-electron chi connectivity index (χ4n) is 3.14. The first kappa shape index (κ1) is 12.1. The quantitative estimate of drug-likeness (QED) is 0.790. The first-order valence-corrected chi connectivity index (χ1v) is 6.60. The van der Waals surface area contributed by atoms with Crippen LogP contribution >= 0.6 is 0 Å². The van der Waals surface area contributed by atoms with Gasteiger partial charge in [0.1, 0.15) is 5.78 Å². The third-order valence-corrected chi connectivity index (χ3v) is 4.32. The van der Waals surface area contributed by atoms with Crippen molar-refractivity contribution < 1.29 is 9.90 Å². The number of likely N-dealkylation sites (tertiary alicyclic amines) is 1. The second-order valence-electron chi connectivity index (χ2n) is 5.42. The van der Waals surface area contributed by atoms with Crippen LogP contribution < -0.4 is 0 Å². The third-order valence-electron chi connectivity index (χ3n) is 4.32. The molecule has 0 radical (unpaired) electrons. The maximum atomic E-state index is 11.8. The molecule has 3 nitrogen and oxygen atoms in total. The Morgan fingerprint density at radius 1 is 1.38 bits per heavy atom. The van der Waals surface area contributed by atoms with Crippen LogP contribution in [0.1, 0.15) is 39.0 Å². The van der Waals surface area contributed by atoms with Crippen LogP contribution in [0, 0.1) is 11.8 Å². The number of rotatable bonds is 3. The van der Waals surface area contributed by atoms with E-state index in [1.807, 2.05) is 0 Å². The van der Waals surface area contributed by atoms with Gasteiger partial charge in [0.05, 0.1) is 6.61 Å². The SMILES string of the molecule is CC1CCN(CC2CCCCC2=O)C1CO. The number of ketones is 1. The van der Waals surface area contributed by atoms with Crippen molar-refractivity contribution in [1.82, 2.24) is 4.90 Å². The standard InChI is InChI=1S/C13H23NO2/c1-10-6-7-14(12(10)9-15)8-11-4-2-3-5-13(11)16/h10-12,15H,2-9H2,1H3. The maximum Gasteiger partial charge on any atom is 0.137 e. The highest BCUT2D eigenvalue weighted by molar-refractivity contribution is 5.81. The predicted octanol–water partition coefficient (Wildman–Crippen LogP) is 1.45. The van der Waals surface area contributed by atoms with E-state index in [0.29, 0.717) is 11.7 Å². The molecule has 1 saturated carbocycles. The van der Waals surface area contributed by atoms with E-state index in [9.17, 15) is 9.90 Å². The van der Waals surface area contributed by atoms with Gasteiger partial charge in [-0.25, -0.2) is 0 Å². The molecule has 1 N–H and O–H groups in total. The van der Waals surface area contributed by atoms with Crippen LogP contribution in [0.3, 0.4) is 0 Å². The number of carbonyl (C=O) groups excluding carboxylic acids is 1. The third kappa shape index (κ3) is 2.46. The Bertz CT molecular complexity index is 254. The Balaban J connectivity index is 1.90. The number of aliphatic hydroxyl groups excluding tert-OH is 1. The van der Waals surface area contributed by atoms with Crippen molar-refractivity contribution >= 4 is 5.78 Å². The molecule has 0 aromatic heterocycles. The molecule has 1 saturated heterocycles. The summed E-state index contributed by atoms with van der Waals surface area (Å²) in [7, 11) is 0. The van der Waals surface area contributed by atoms with Crippen LogP contribution in [-0.4, -0.2) is 41.5 Å². The summed E-state index contributed by atoms with van der Waals surface area (Å²) in [5, 5.41) is 9.38. The lowest BCUT2D eigenvalue weighted by Gasteiger charge is -2.30. The highest BCUT2D eigenvalue weighted by Gasteiger charge is 2.33. The van der Waals surface area contributed by atoms with Crippen LogP contribution in [0.2, 0.25) is 0 Å². The molecule has 3 atom stereocenters. The van der Waals surface area contributed by atoms with Crippen molar-refractivity contribution in [3.63, 3.8) is 0 Å². The van der Waals surface area contributed by atoms with Gasteiger partial charge in [0.15, 0.2) is 0 Å². The van der Waals surface area contributed by atoms with E-state index in [1.54, 1.807) is 0 Å². The summed E-state index contributed by atoms with van der Waals surface area (Å²) in [6.07, 6.45) is 5.27. The smallest absolute Gasteiger partial charge is 0.137 e. The van der Waals surface area contributed by atoms with Crippen LogP contribution in [0.4, 0.5) is 0 Å². The lowest BCUT2D eigenvalue weighted by molar-refractivity contribution is -0.125. The molecule has 2 fully saturated rings. The van der Waals surface area contributed by atoms with Gasteiger partial charge in [0.2, 0.25) is 0 Å². The molecule has 1 heterocycles. The summed E-state index contributed by atoms with van der Waals surface area (Å²) in [4.78, 5) is 14.1. The average Bonchev–Trinajstić information content (AvgIpc) is 2.63. The number of hydrogen-bond donors (Lipinski definition) is 1. The molecule has 92 valence electrons. The molecule has 2 aliphatic rings. The summed E-state index contributed by atoms with van der Waals surface area (Å²) in [6.45, 7) is 4.37. The molecular formula is C13H23NO2. The second kappa shape index (κ2) is 5.28. The number of Topliss-reactive ketones (excluding diaryl/α,β-unsaturated/α-hetero) is 1. The van der Waals surface area contributed by atoms with Gasteiger partial charge in [-0.3, -0.25) is 9.69 Å². The van der Waals surface area contributed by atoms with E-state index >= 15 is 0 Å². The van der Waals surface area contributed by atoms with Crippen molar-refractivity contribution in [3.05, 3.63) is 0 Å². The van der Waals surface area contributed by atoms with Crippen LogP contribution in [0.15, 0.2) is 0 Å². The van der Waals surface area contributed by atoms with Crippen LogP contribution in [-0.2, 0) is 4.79 Å². The highest BCUT2D eigenvalue weighted by atomic mass is 16.3.